The molecule has 1 aromatic carbocycles. The van der Waals surface area contributed by atoms with Gasteiger partial charge in [0.25, 0.3) is 0 Å². The SMILES string of the molecule is Cc1cccc([C@@H](N)[C@H](C)O)c1O. The van der Waals surface area contributed by atoms with Gasteiger partial charge in [-0.2, -0.15) is 0 Å². The molecule has 0 aliphatic rings. The molecule has 0 bridgehead atoms. The van der Waals surface area contributed by atoms with Crippen LogP contribution in [-0.4, -0.2) is 16.3 Å². The van der Waals surface area contributed by atoms with E-state index < -0.39 is 12.1 Å². The van der Waals surface area contributed by atoms with Crippen LogP contribution in [0.4, 0.5) is 0 Å². The number of nitrogens with two attached hydrogens (primary N) is 1. The predicted octanol–water partition coefficient (Wildman–Crippen LogP) is 1.08. The van der Waals surface area contributed by atoms with Crippen LogP contribution in [0.2, 0.25) is 0 Å². The first-order valence-electron chi connectivity index (χ1n) is 4.26. The Labute approximate surface area is 77.8 Å². The van der Waals surface area contributed by atoms with Gasteiger partial charge in [-0.3, -0.25) is 0 Å². The average Bonchev–Trinajstić information content (AvgIpc) is 2.08. The minimum atomic E-state index is -0.660. The second-order valence-electron chi connectivity index (χ2n) is 3.28. The number of phenolic OH excluding ortho intramolecular Hbond substituents is 1. The van der Waals surface area contributed by atoms with E-state index in [4.69, 9.17) is 5.73 Å². The van der Waals surface area contributed by atoms with Crippen LogP contribution in [0.5, 0.6) is 5.75 Å². The predicted molar refractivity (Wildman–Crippen MR) is 51.5 cm³/mol. The molecule has 0 unspecified atom stereocenters. The highest BCUT2D eigenvalue weighted by molar-refractivity contribution is 5.41. The maximum atomic E-state index is 9.63. The summed E-state index contributed by atoms with van der Waals surface area (Å²) in [5.74, 6) is 0.177. The molecule has 1 aromatic rings. The van der Waals surface area contributed by atoms with Crippen molar-refractivity contribution in [1.82, 2.24) is 0 Å². The molecular weight excluding hydrogens is 166 g/mol. The third-order valence-corrected chi connectivity index (χ3v) is 2.15. The Morgan fingerprint density at radius 2 is 2.00 bits per heavy atom. The number of aliphatic hydroxyl groups excluding tert-OH is 1. The number of phenols is 1. The number of hydrogen-bond donors (Lipinski definition) is 3. The second-order valence-corrected chi connectivity index (χ2v) is 3.28. The van der Waals surface area contributed by atoms with Crippen LogP contribution in [-0.2, 0) is 0 Å². The van der Waals surface area contributed by atoms with Crippen LogP contribution < -0.4 is 5.73 Å². The van der Waals surface area contributed by atoms with Crippen molar-refractivity contribution < 1.29 is 10.2 Å². The Balaban J connectivity index is 3.07. The van der Waals surface area contributed by atoms with Gasteiger partial charge in [0.05, 0.1) is 12.1 Å². The van der Waals surface area contributed by atoms with Crippen molar-refractivity contribution >= 4 is 0 Å². The summed E-state index contributed by atoms with van der Waals surface area (Å²) in [5, 5.41) is 18.9. The van der Waals surface area contributed by atoms with Gasteiger partial charge in [0, 0.05) is 5.56 Å². The van der Waals surface area contributed by atoms with Crippen molar-refractivity contribution in [2.45, 2.75) is 26.0 Å². The van der Waals surface area contributed by atoms with Crippen molar-refractivity contribution in [3.8, 4) is 5.75 Å². The maximum absolute atomic E-state index is 9.63. The summed E-state index contributed by atoms with van der Waals surface area (Å²) in [6.07, 6.45) is -0.660. The minimum absolute atomic E-state index is 0.177. The molecule has 0 amide bonds. The van der Waals surface area contributed by atoms with E-state index in [9.17, 15) is 10.2 Å². The summed E-state index contributed by atoms with van der Waals surface area (Å²) < 4.78 is 0. The third kappa shape index (κ3) is 1.99. The zero-order valence-electron chi connectivity index (χ0n) is 7.86. The lowest BCUT2D eigenvalue weighted by atomic mass is 10.00. The molecule has 0 aliphatic heterocycles. The van der Waals surface area contributed by atoms with E-state index in [1.165, 1.54) is 0 Å². The Morgan fingerprint density at radius 1 is 1.38 bits per heavy atom. The van der Waals surface area contributed by atoms with Gasteiger partial charge in [0.1, 0.15) is 5.75 Å². The Morgan fingerprint density at radius 3 is 2.54 bits per heavy atom. The molecule has 1 rings (SSSR count). The molecule has 0 aliphatic carbocycles. The highest BCUT2D eigenvalue weighted by atomic mass is 16.3. The zero-order valence-corrected chi connectivity index (χ0v) is 7.86. The molecule has 3 heteroatoms. The van der Waals surface area contributed by atoms with E-state index in [1.54, 1.807) is 26.0 Å². The van der Waals surface area contributed by atoms with Gasteiger partial charge in [0.2, 0.25) is 0 Å². The molecule has 0 saturated heterocycles. The molecule has 0 heterocycles. The number of hydrogen-bond acceptors (Lipinski definition) is 3. The first kappa shape index (κ1) is 10.0. The molecule has 72 valence electrons. The van der Waals surface area contributed by atoms with Crippen molar-refractivity contribution in [1.29, 1.82) is 0 Å². The summed E-state index contributed by atoms with van der Waals surface area (Å²) in [5.41, 5.74) is 7.06. The van der Waals surface area contributed by atoms with Crippen LogP contribution in [0.15, 0.2) is 18.2 Å². The number of rotatable bonds is 2. The summed E-state index contributed by atoms with van der Waals surface area (Å²) in [4.78, 5) is 0. The lowest BCUT2D eigenvalue weighted by Crippen LogP contribution is -2.23. The Bertz CT molecular complexity index is 297. The fraction of sp³-hybridized carbons (Fsp3) is 0.400. The standard InChI is InChI=1S/C10H15NO2/c1-6-4-3-5-8(10(6)13)9(11)7(2)12/h3-5,7,9,12-13H,11H2,1-2H3/t7-,9-/m0/s1. The van der Waals surface area contributed by atoms with Gasteiger partial charge in [0.15, 0.2) is 0 Å². The quantitative estimate of drug-likeness (QED) is 0.639. The first-order valence-corrected chi connectivity index (χ1v) is 4.26. The van der Waals surface area contributed by atoms with E-state index in [2.05, 4.69) is 0 Å². The molecule has 0 saturated carbocycles. The van der Waals surface area contributed by atoms with Crippen LogP contribution in [0.1, 0.15) is 24.1 Å². The number of para-hydroxylation sites is 1. The van der Waals surface area contributed by atoms with Gasteiger partial charge in [-0.25, -0.2) is 0 Å². The number of benzene rings is 1. The van der Waals surface area contributed by atoms with Crippen molar-refractivity contribution in [2.75, 3.05) is 0 Å². The lowest BCUT2D eigenvalue weighted by Gasteiger charge is -2.17. The van der Waals surface area contributed by atoms with Crippen molar-refractivity contribution in [2.24, 2.45) is 5.73 Å². The first-order chi connectivity index (χ1) is 6.04. The van der Waals surface area contributed by atoms with Gasteiger partial charge < -0.3 is 15.9 Å². The zero-order chi connectivity index (χ0) is 10.0. The summed E-state index contributed by atoms with van der Waals surface area (Å²) >= 11 is 0. The molecule has 0 aromatic heterocycles. The molecule has 3 nitrogen and oxygen atoms in total. The minimum Gasteiger partial charge on any atom is -0.507 e. The Kier molecular flexibility index (Phi) is 2.90. The molecular formula is C10H15NO2. The molecule has 0 spiro atoms. The van der Waals surface area contributed by atoms with Crippen molar-refractivity contribution in [3.05, 3.63) is 29.3 Å². The third-order valence-electron chi connectivity index (χ3n) is 2.15. The highest BCUT2D eigenvalue weighted by Crippen LogP contribution is 2.27. The molecule has 2 atom stereocenters. The van der Waals surface area contributed by atoms with E-state index in [-0.39, 0.29) is 5.75 Å². The largest absolute Gasteiger partial charge is 0.507 e. The molecule has 0 fully saturated rings. The van der Waals surface area contributed by atoms with Gasteiger partial charge >= 0.3 is 0 Å². The van der Waals surface area contributed by atoms with Crippen molar-refractivity contribution in [3.63, 3.8) is 0 Å². The lowest BCUT2D eigenvalue weighted by molar-refractivity contribution is 0.163. The van der Waals surface area contributed by atoms with Gasteiger partial charge in [-0.15, -0.1) is 0 Å². The summed E-state index contributed by atoms with van der Waals surface area (Å²) in [6, 6.07) is 4.81. The number of aryl methyl sites for hydroxylation is 1. The average molecular weight is 181 g/mol. The normalized spacial score (nSPS) is 15.4. The maximum Gasteiger partial charge on any atom is 0.123 e. The van der Waals surface area contributed by atoms with E-state index in [0.717, 1.165) is 5.56 Å². The number of aromatic hydroxyl groups is 1. The van der Waals surface area contributed by atoms with E-state index in [0.29, 0.717) is 5.56 Å². The Hall–Kier alpha value is -1.06. The van der Waals surface area contributed by atoms with E-state index >= 15 is 0 Å². The van der Waals surface area contributed by atoms with Crippen LogP contribution >= 0.6 is 0 Å². The van der Waals surface area contributed by atoms with Crippen LogP contribution in [0, 0.1) is 6.92 Å². The topological polar surface area (TPSA) is 66.5 Å². The smallest absolute Gasteiger partial charge is 0.123 e. The monoisotopic (exact) mass is 181 g/mol. The van der Waals surface area contributed by atoms with Crippen LogP contribution in [0.25, 0.3) is 0 Å². The molecule has 4 N–H and O–H groups in total. The van der Waals surface area contributed by atoms with Crippen LogP contribution in [0.3, 0.4) is 0 Å². The second kappa shape index (κ2) is 3.77. The van der Waals surface area contributed by atoms with Gasteiger partial charge in [-0.05, 0) is 19.4 Å². The highest BCUT2D eigenvalue weighted by Gasteiger charge is 2.16. The van der Waals surface area contributed by atoms with E-state index in [1.807, 2.05) is 6.07 Å². The molecule has 0 radical (unpaired) electrons. The fourth-order valence-electron chi connectivity index (χ4n) is 1.21. The molecule has 13 heavy (non-hydrogen) atoms. The number of aliphatic hydroxyl groups is 1. The fourth-order valence-corrected chi connectivity index (χ4v) is 1.21. The summed E-state index contributed by atoms with van der Waals surface area (Å²) in [7, 11) is 0. The van der Waals surface area contributed by atoms with Gasteiger partial charge in [-0.1, -0.05) is 18.2 Å². The summed E-state index contributed by atoms with van der Waals surface area (Å²) in [6.45, 7) is 3.40.